The summed E-state index contributed by atoms with van der Waals surface area (Å²) in [6.07, 6.45) is 0. The largest absolute Gasteiger partial charge is 0.338 e. The summed E-state index contributed by atoms with van der Waals surface area (Å²) in [5.74, 6) is 0.549. The van der Waals surface area contributed by atoms with Crippen molar-refractivity contribution in [3.05, 3.63) is 59.7 Å². The van der Waals surface area contributed by atoms with E-state index < -0.39 is 0 Å². The Kier molecular flexibility index (Phi) is 5.28. The number of hydrogen-bond donors (Lipinski definition) is 2. The van der Waals surface area contributed by atoms with Gasteiger partial charge in [-0.2, -0.15) is 0 Å². The molecule has 130 valence electrons. The molecule has 2 N–H and O–H groups in total. The fraction of sp³-hybridized carbons (Fsp3) is 0.263. The first kappa shape index (κ1) is 17.4. The van der Waals surface area contributed by atoms with E-state index >= 15 is 0 Å². The average molecular weight is 355 g/mol. The molecule has 0 aliphatic carbocycles. The Hall–Kier alpha value is -2.47. The molecule has 0 bridgehead atoms. The number of carbonyl (C=O) groups excluding carboxylic acids is 2. The second-order valence-corrected chi connectivity index (χ2v) is 6.94. The first-order chi connectivity index (χ1) is 12.1. The minimum Gasteiger partial charge on any atom is -0.338 e. The fourth-order valence-corrected chi connectivity index (χ4v) is 3.93. The molecule has 0 aromatic heterocycles. The van der Waals surface area contributed by atoms with Gasteiger partial charge in [-0.1, -0.05) is 29.8 Å². The van der Waals surface area contributed by atoms with Gasteiger partial charge in [0.25, 0.3) is 0 Å². The second-order valence-electron chi connectivity index (χ2n) is 5.87. The van der Waals surface area contributed by atoms with Gasteiger partial charge in [-0.25, -0.2) is 4.79 Å². The second kappa shape index (κ2) is 7.61. The van der Waals surface area contributed by atoms with Gasteiger partial charge in [-0.3, -0.25) is 9.69 Å². The van der Waals surface area contributed by atoms with E-state index in [9.17, 15) is 9.59 Å². The SMILES string of the molecule is CCNC(=O)Nc1cccc([C@H]2SCC(=O)N2c2ccc(C)cc2)c1. The van der Waals surface area contributed by atoms with Crippen LogP contribution < -0.4 is 15.5 Å². The molecule has 0 radical (unpaired) electrons. The van der Waals surface area contributed by atoms with Crippen LogP contribution in [0.25, 0.3) is 0 Å². The summed E-state index contributed by atoms with van der Waals surface area (Å²) in [7, 11) is 0. The Morgan fingerprint density at radius 2 is 2.00 bits per heavy atom. The van der Waals surface area contributed by atoms with E-state index in [1.165, 1.54) is 0 Å². The van der Waals surface area contributed by atoms with Crippen molar-refractivity contribution in [1.29, 1.82) is 0 Å². The number of urea groups is 1. The molecule has 0 unspecified atom stereocenters. The first-order valence-corrected chi connectivity index (χ1v) is 9.28. The zero-order chi connectivity index (χ0) is 17.8. The number of nitrogens with one attached hydrogen (secondary N) is 2. The summed E-state index contributed by atoms with van der Waals surface area (Å²) < 4.78 is 0. The first-order valence-electron chi connectivity index (χ1n) is 8.23. The van der Waals surface area contributed by atoms with Crippen molar-refractivity contribution in [2.45, 2.75) is 19.2 Å². The van der Waals surface area contributed by atoms with E-state index in [2.05, 4.69) is 10.6 Å². The van der Waals surface area contributed by atoms with Gasteiger partial charge in [-0.15, -0.1) is 11.8 Å². The van der Waals surface area contributed by atoms with Crippen LogP contribution in [0.5, 0.6) is 0 Å². The molecule has 3 rings (SSSR count). The van der Waals surface area contributed by atoms with Gasteiger partial charge in [0.05, 0.1) is 5.75 Å². The Bertz CT molecular complexity index is 776. The van der Waals surface area contributed by atoms with Crippen LogP contribution in [0.3, 0.4) is 0 Å². The molecule has 0 spiro atoms. The van der Waals surface area contributed by atoms with Crippen LogP contribution >= 0.6 is 11.8 Å². The van der Waals surface area contributed by atoms with Crippen molar-refractivity contribution in [1.82, 2.24) is 5.32 Å². The van der Waals surface area contributed by atoms with Crippen LogP contribution in [-0.4, -0.2) is 24.2 Å². The van der Waals surface area contributed by atoms with Crippen LogP contribution in [0.2, 0.25) is 0 Å². The van der Waals surface area contributed by atoms with Gasteiger partial charge in [-0.05, 0) is 43.7 Å². The number of thioether (sulfide) groups is 1. The predicted octanol–water partition coefficient (Wildman–Crippen LogP) is 3.92. The summed E-state index contributed by atoms with van der Waals surface area (Å²) in [5.41, 5.74) is 3.76. The minimum absolute atomic E-state index is 0.0915. The van der Waals surface area contributed by atoms with Crippen LogP contribution in [0.15, 0.2) is 48.5 Å². The lowest BCUT2D eigenvalue weighted by molar-refractivity contribution is -0.115. The molecule has 0 saturated carbocycles. The predicted molar refractivity (Wildman–Crippen MR) is 103 cm³/mol. The maximum atomic E-state index is 12.4. The Morgan fingerprint density at radius 3 is 2.72 bits per heavy atom. The molecule has 5 nitrogen and oxygen atoms in total. The molecule has 1 aliphatic rings. The molecular formula is C19H21N3O2S. The summed E-state index contributed by atoms with van der Waals surface area (Å²) in [4.78, 5) is 26.0. The molecule has 6 heteroatoms. The smallest absolute Gasteiger partial charge is 0.319 e. The molecular weight excluding hydrogens is 334 g/mol. The van der Waals surface area contributed by atoms with Crippen LogP contribution in [0.1, 0.15) is 23.4 Å². The number of rotatable bonds is 4. The van der Waals surface area contributed by atoms with Crippen LogP contribution in [0, 0.1) is 6.92 Å². The molecule has 1 atom stereocenters. The molecule has 2 aromatic rings. The number of carbonyl (C=O) groups is 2. The Morgan fingerprint density at radius 1 is 1.24 bits per heavy atom. The Balaban J connectivity index is 1.85. The molecule has 1 heterocycles. The number of benzene rings is 2. The number of nitrogens with zero attached hydrogens (tertiary/aromatic N) is 1. The van der Waals surface area contributed by atoms with Gasteiger partial charge in [0.15, 0.2) is 0 Å². The molecule has 1 fully saturated rings. The van der Waals surface area contributed by atoms with Crippen molar-refractivity contribution < 1.29 is 9.59 Å². The number of amides is 3. The number of anilines is 2. The van der Waals surface area contributed by atoms with E-state index in [0.717, 1.165) is 16.8 Å². The zero-order valence-electron chi connectivity index (χ0n) is 14.3. The van der Waals surface area contributed by atoms with Crippen molar-refractivity contribution in [3.8, 4) is 0 Å². The van der Waals surface area contributed by atoms with Gasteiger partial charge in [0, 0.05) is 17.9 Å². The third-order valence-corrected chi connectivity index (χ3v) is 5.16. The highest BCUT2D eigenvalue weighted by Crippen LogP contribution is 2.42. The third-order valence-electron chi connectivity index (χ3n) is 3.95. The van der Waals surface area contributed by atoms with Gasteiger partial charge in [0.2, 0.25) is 5.91 Å². The number of aryl methyl sites for hydroxylation is 1. The minimum atomic E-state index is -0.231. The molecule has 1 saturated heterocycles. The van der Waals surface area contributed by atoms with Crippen LogP contribution in [-0.2, 0) is 4.79 Å². The molecule has 25 heavy (non-hydrogen) atoms. The maximum absolute atomic E-state index is 12.4. The monoisotopic (exact) mass is 355 g/mol. The van der Waals surface area contributed by atoms with Crippen molar-refractivity contribution in [2.24, 2.45) is 0 Å². The van der Waals surface area contributed by atoms with Crippen molar-refractivity contribution in [3.63, 3.8) is 0 Å². The van der Waals surface area contributed by atoms with Gasteiger partial charge in [0.1, 0.15) is 5.37 Å². The normalized spacial score (nSPS) is 16.8. The summed E-state index contributed by atoms with van der Waals surface area (Å²) in [6.45, 7) is 4.47. The lowest BCUT2D eigenvalue weighted by atomic mass is 10.1. The maximum Gasteiger partial charge on any atom is 0.319 e. The highest BCUT2D eigenvalue weighted by molar-refractivity contribution is 8.00. The summed E-state index contributed by atoms with van der Waals surface area (Å²) in [5, 5.41) is 5.44. The lowest BCUT2D eigenvalue weighted by Gasteiger charge is -2.25. The van der Waals surface area contributed by atoms with E-state index in [4.69, 9.17) is 0 Å². The van der Waals surface area contributed by atoms with Gasteiger partial charge < -0.3 is 10.6 Å². The molecule has 3 amide bonds. The van der Waals surface area contributed by atoms with Crippen molar-refractivity contribution in [2.75, 3.05) is 22.5 Å². The lowest BCUT2D eigenvalue weighted by Crippen LogP contribution is -2.29. The quantitative estimate of drug-likeness (QED) is 0.874. The summed E-state index contributed by atoms with van der Waals surface area (Å²) >= 11 is 1.60. The fourth-order valence-electron chi connectivity index (χ4n) is 2.76. The Labute approximate surface area is 151 Å². The highest BCUT2D eigenvalue weighted by Gasteiger charge is 2.34. The summed E-state index contributed by atoms with van der Waals surface area (Å²) in [6, 6.07) is 15.4. The van der Waals surface area contributed by atoms with E-state index in [0.29, 0.717) is 18.0 Å². The molecule has 2 aromatic carbocycles. The van der Waals surface area contributed by atoms with E-state index in [-0.39, 0.29) is 17.3 Å². The average Bonchev–Trinajstić information content (AvgIpc) is 2.98. The standard InChI is InChI=1S/C19H21N3O2S/c1-3-20-19(24)21-15-6-4-5-14(11-15)18-22(17(23)12-25-18)16-9-7-13(2)8-10-16/h4-11,18H,3,12H2,1-2H3,(H2,20,21,24)/t18-/m1/s1. The van der Waals surface area contributed by atoms with E-state index in [1.54, 1.807) is 11.8 Å². The zero-order valence-corrected chi connectivity index (χ0v) is 15.1. The highest BCUT2D eigenvalue weighted by atomic mass is 32.2. The topological polar surface area (TPSA) is 61.4 Å². The molecule has 1 aliphatic heterocycles. The van der Waals surface area contributed by atoms with Crippen molar-refractivity contribution >= 4 is 35.1 Å². The third kappa shape index (κ3) is 3.96. The van der Waals surface area contributed by atoms with E-state index in [1.807, 2.05) is 67.3 Å². The number of hydrogen-bond acceptors (Lipinski definition) is 3. The van der Waals surface area contributed by atoms with Gasteiger partial charge >= 0.3 is 6.03 Å². The van der Waals surface area contributed by atoms with Crippen LogP contribution in [0.4, 0.5) is 16.2 Å².